The Kier molecular flexibility index (Phi) is 8.79. The lowest BCUT2D eigenvalue weighted by molar-refractivity contribution is 0.0786. The van der Waals surface area contributed by atoms with E-state index >= 15 is 0 Å². The second-order valence-corrected chi connectivity index (χ2v) is 8.80. The standard InChI is InChI=1S/C25H34N4O4/c1-27(11-5-8-19-9-12-28(13-10-19)14-15-30)24(32)21-16-22(23(26)31)25(33)29(18-21)17-20-6-3-2-4-7-20/h2-4,6-7,16,18-19,30H,5,8-15,17H2,1H3,(H2,26,31). The predicted molar refractivity (Wildman–Crippen MR) is 127 cm³/mol. The summed E-state index contributed by atoms with van der Waals surface area (Å²) in [7, 11) is 1.74. The number of hydrogen-bond acceptors (Lipinski definition) is 5. The Morgan fingerprint density at radius 2 is 1.88 bits per heavy atom. The third-order valence-corrected chi connectivity index (χ3v) is 6.37. The molecule has 0 aliphatic carbocycles. The SMILES string of the molecule is CN(CCCC1CCN(CCO)CC1)C(=O)c1cc(C(N)=O)c(=O)n(Cc2ccccc2)c1. The third kappa shape index (κ3) is 6.76. The van der Waals surface area contributed by atoms with E-state index in [0.717, 1.165) is 50.9 Å². The number of β-amino-alcohol motifs (C(OH)–C–C–N with tert-alkyl or cyclic N) is 1. The number of hydrogen-bond donors (Lipinski definition) is 2. The number of primary amides is 1. The van der Waals surface area contributed by atoms with Crippen molar-refractivity contribution >= 4 is 11.8 Å². The van der Waals surface area contributed by atoms with Crippen molar-refractivity contribution in [1.29, 1.82) is 0 Å². The first kappa shape index (κ1) is 24.7. The van der Waals surface area contributed by atoms with Gasteiger partial charge in [-0.1, -0.05) is 30.3 Å². The van der Waals surface area contributed by atoms with E-state index in [1.807, 2.05) is 30.3 Å². The van der Waals surface area contributed by atoms with E-state index in [-0.39, 0.29) is 30.2 Å². The summed E-state index contributed by atoms with van der Waals surface area (Å²) in [6.45, 7) is 3.81. The minimum Gasteiger partial charge on any atom is -0.395 e. The Hall–Kier alpha value is -2.97. The van der Waals surface area contributed by atoms with Crippen LogP contribution in [-0.4, -0.2) is 71.1 Å². The Morgan fingerprint density at radius 3 is 2.52 bits per heavy atom. The van der Waals surface area contributed by atoms with Gasteiger partial charge in [0.25, 0.3) is 17.4 Å². The molecule has 0 saturated carbocycles. The molecule has 2 aromatic rings. The van der Waals surface area contributed by atoms with Crippen LogP contribution in [0.4, 0.5) is 0 Å². The Balaban J connectivity index is 1.63. The molecule has 1 aromatic carbocycles. The number of pyridine rings is 1. The fourth-order valence-corrected chi connectivity index (χ4v) is 4.41. The quantitative estimate of drug-likeness (QED) is 0.566. The van der Waals surface area contributed by atoms with E-state index in [9.17, 15) is 14.4 Å². The average molecular weight is 455 g/mol. The molecular formula is C25H34N4O4. The van der Waals surface area contributed by atoms with Crippen LogP contribution < -0.4 is 11.3 Å². The summed E-state index contributed by atoms with van der Waals surface area (Å²) in [5.74, 6) is -0.443. The van der Waals surface area contributed by atoms with Crippen LogP contribution in [0.15, 0.2) is 47.4 Å². The van der Waals surface area contributed by atoms with Crippen LogP contribution in [0, 0.1) is 5.92 Å². The lowest BCUT2D eigenvalue weighted by Crippen LogP contribution is -2.36. The molecule has 0 radical (unpaired) electrons. The number of aromatic nitrogens is 1. The highest BCUT2D eigenvalue weighted by Gasteiger charge is 2.21. The summed E-state index contributed by atoms with van der Waals surface area (Å²) in [6, 6.07) is 10.7. The topological polar surface area (TPSA) is 109 Å². The number of nitrogens with zero attached hydrogens (tertiary/aromatic N) is 3. The van der Waals surface area contributed by atoms with Crippen molar-refractivity contribution in [2.24, 2.45) is 11.7 Å². The molecule has 0 atom stereocenters. The molecule has 8 nitrogen and oxygen atoms in total. The first-order chi connectivity index (χ1) is 15.9. The molecule has 3 N–H and O–H groups in total. The molecule has 1 saturated heterocycles. The number of carbonyl (C=O) groups excluding carboxylic acids is 2. The number of amides is 2. The summed E-state index contributed by atoms with van der Waals surface area (Å²) in [4.78, 5) is 41.5. The normalized spacial score (nSPS) is 14.8. The number of benzene rings is 1. The van der Waals surface area contributed by atoms with Crippen molar-refractivity contribution in [2.45, 2.75) is 32.2 Å². The van der Waals surface area contributed by atoms with Crippen molar-refractivity contribution in [3.05, 3.63) is 69.6 Å². The van der Waals surface area contributed by atoms with E-state index in [1.54, 1.807) is 11.9 Å². The fraction of sp³-hybridized carbons (Fsp3) is 0.480. The zero-order valence-electron chi connectivity index (χ0n) is 19.3. The molecule has 3 rings (SSSR count). The largest absolute Gasteiger partial charge is 0.395 e. The third-order valence-electron chi connectivity index (χ3n) is 6.37. The average Bonchev–Trinajstić information content (AvgIpc) is 2.81. The predicted octanol–water partition coefficient (Wildman–Crippen LogP) is 1.55. The lowest BCUT2D eigenvalue weighted by atomic mass is 9.92. The molecule has 2 heterocycles. The highest BCUT2D eigenvalue weighted by Crippen LogP contribution is 2.22. The van der Waals surface area contributed by atoms with Gasteiger partial charge in [0.15, 0.2) is 0 Å². The molecule has 1 fully saturated rings. The maximum absolute atomic E-state index is 13.1. The van der Waals surface area contributed by atoms with Crippen LogP contribution >= 0.6 is 0 Å². The van der Waals surface area contributed by atoms with E-state index in [0.29, 0.717) is 12.5 Å². The van der Waals surface area contributed by atoms with Gasteiger partial charge in [0.1, 0.15) is 5.56 Å². The maximum Gasteiger partial charge on any atom is 0.263 e. The van der Waals surface area contributed by atoms with Gasteiger partial charge in [-0.25, -0.2) is 0 Å². The smallest absolute Gasteiger partial charge is 0.263 e. The zero-order valence-corrected chi connectivity index (χ0v) is 19.3. The van der Waals surface area contributed by atoms with E-state index in [4.69, 9.17) is 10.8 Å². The molecule has 0 bridgehead atoms. The number of rotatable bonds is 10. The van der Waals surface area contributed by atoms with E-state index < -0.39 is 11.5 Å². The van der Waals surface area contributed by atoms with Gasteiger partial charge in [0.05, 0.1) is 18.7 Å². The van der Waals surface area contributed by atoms with Crippen molar-refractivity contribution in [3.63, 3.8) is 0 Å². The Labute approximate surface area is 194 Å². The number of likely N-dealkylation sites (tertiary alicyclic amines) is 1. The molecular weight excluding hydrogens is 420 g/mol. The van der Waals surface area contributed by atoms with Gasteiger partial charge in [-0.2, -0.15) is 0 Å². The number of aliphatic hydroxyl groups is 1. The van der Waals surface area contributed by atoms with Crippen LogP contribution in [0.3, 0.4) is 0 Å². The molecule has 0 spiro atoms. The minimum absolute atomic E-state index is 0.181. The first-order valence-electron chi connectivity index (χ1n) is 11.6. The molecule has 178 valence electrons. The fourth-order valence-electron chi connectivity index (χ4n) is 4.41. The summed E-state index contributed by atoms with van der Waals surface area (Å²) in [5.41, 5.74) is 5.90. The highest BCUT2D eigenvalue weighted by atomic mass is 16.3. The van der Waals surface area contributed by atoms with Gasteiger partial charge in [0, 0.05) is 26.3 Å². The molecule has 0 unspecified atom stereocenters. The summed E-state index contributed by atoms with van der Waals surface area (Å²) < 4.78 is 1.37. The molecule has 1 aliphatic rings. The van der Waals surface area contributed by atoms with Gasteiger partial charge in [-0.15, -0.1) is 0 Å². The summed E-state index contributed by atoms with van der Waals surface area (Å²) >= 11 is 0. The molecule has 33 heavy (non-hydrogen) atoms. The molecule has 2 amide bonds. The number of carbonyl (C=O) groups is 2. The van der Waals surface area contributed by atoms with Crippen LogP contribution in [0.25, 0.3) is 0 Å². The van der Waals surface area contributed by atoms with Crippen LogP contribution in [-0.2, 0) is 6.54 Å². The van der Waals surface area contributed by atoms with Crippen LogP contribution in [0.5, 0.6) is 0 Å². The second kappa shape index (κ2) is 11.8. The zero-order chi connectivity index (χ0) is 23.8. The van der Waals surface area contributed by atoms with Gasteiger partial charge in [-0.3, -0.25) is 14.4 Å². The van der Waals surface area contributed by atoms with Crippen LogP contribution in [0.2, 0.25) is 0 Å². The van der Waals surface area contributed by atoms with Crippen molar-refractivity contribution < 1.29 is 14.7 Å². The second-order valence-electron chi connectivity index (χ2n) is 8.80. The number of piperidine rings is 1. The van der Waals surface area contributed by atoms with Crippen molar-refractivity contribution in [2.75, 3.05) is 39.8 Å². The summed E-state index contributed by atoms with van der Waals surface area (Å²) in [6.07, 6.45) is 5.68. The van der Waals surface area contributed by atoms with E-state index in [1.165, 1.54) is 16.8 Å². The van der Waals surface area contributed by atoms with E-state index in [2.05, 4.69) is 4.90 Å². The first-order valence-corrected chi connectivity index (χ1v) is 11.6. The monoisotopic (exact) mass is 454 g/mol. The van der Waals surface area contributed by atoms with Gasteiger partial charge >= 0.3 is 0 Å². The van der Waals surface area contributed by atoms with Gasteiger partial charge < -0.3 is 25.2 Å². The van der Waals surface area contributed by atoms with Crippen LogP contribution in [0.1, 0.15) is 52.0 Å². The summed E-state index contributed by atoms with van der Waals surface area (Å²) in [5, 5.41) is 9.06. The minimum atomic E-state index is -0.841. The Bertz CT molecular complexity index is 997. The van der Waals surface area contributed by atoms with Gasteiger partial charge in [-0.05, 0) is 56.3 Å². The lowest BCUT2D eigenvalue weighted by Gasteiger charge is -2.31. The molecule has 1 aliphatic heterocycles. The molecule has 1 aromatic heterocycles. The maximum atomic E-state index is 13.1. The Morgan fingerprint density at radius 1 is 1.18 bits per heavy atom. The number of aliphatic hydroxyl groups excluding tert-OH is 1. The van der Waals surface area contributed by atoms with Crippen molar-refractivity contribution in [3.8, 4) is 0 Å². The van der Waals surface area contributed by atoms with Crippen molar-refractivity contribution in [1.82, 2.24) is 14.4 Å². The molecule has 8 heteroatoms. The highest BCUT2D eigenvalue weighted by molar-refractivity contribution is 5.98. The number of nitrogens with two attached hydrogens (primary N) is 1. The van der Waals surface area contributed by atoms with Gasteiger partial charge in [0.2, 0.25) is 0 Å².